The van der Waals surface area contributed by atoms with Crippen molar-refractivity contribution in [1.29, 1.82) is 0 Å². The van der Waals surface area contributed by atoms with Gasteiger partial charge in [0.15, 0.2) is 11.5 Å². The molecule has 0 saturated carbocycles. The molecule has 2 rings (SSSR count). The van der Waals surface area contributed by atoms with Crippen LogP contribution in [0.4, 0.5) is 0 Å². The molecule has 1 aliphatic rings. The van der Waals surface area contributed by atoms with Gasteiger partial charge in [-0.15, -0.1) is 0 Å². The van der Waals surface area contributed by atoms with Crippen LogP contribution in [0.25, 0.3) is 0 Å². The smallest absolute Gasteiger partial charge is 0.261 e. The molecule has 0 spiro atoms. The molecule has 1 heterocycles. The normalized spacial score (nSPS) is 17.9. The number of rotatable bonds is 4. The predicted molar refractivity (Wildman–Crippen MR) is 64.8 cm³/mol. The standard InChI is InChI=1S/C12H14N2O4/c1-16-9-4-3-7(5-10(9)17-2)8-6-11(12(13)15)18-14-8/h3-5,11H,6H2,1-2H3,(H2,13,15). The predicted octanol–water partition coefficient (Wildman–Crippen LogP) is 0.682. The van der Waals surface area contributed by atoms with E-state index in [1.807, 2.05) is 6.07 Å². The summed E-state index contributed by atoms with van der Waals surface area (Å²) in [6, 6.07) is 5.38. The Kier molecular flexibility index (Phi) is 3.36. The maximum atomic E-state index is 11.0. The van der Waals surface area contributed by atoms with Gasteiger partial charge in [-0.05, 0) is 18.2 Å². The number of ether oxygens (including phenoxy) is 2. The number of nitrogens with zero attached hydrogens (tertiary/aromatic N) is 1. The van der Waals surface area contributed by atoms with E-state index in [0.717, 1.165) is 5.56 Å². The van der Waals surface area contributed by atoms with Gasteiger partial charge < -0.3 is 20.0 Å². The van der Waals surface area contributed by atoms with Crippen LogP contribution in [0.2, 0.25) is 0 Å². The van der Waals surface area contributed by atoms with Crippen LogP contribution in [0.1, 0.15) is 12.0 Å². The van der Waals surface area contributed by atoms with Gasteiger partial charge in [0.1, 0.15) is 0 Å². The Hall–Kier alpha value is -2.24. The average Bonchev–Trinajstić information content (AvgIpc) is 2.87. The zero-order valence-corrected chi connectivity index (χ0v) is 10.2. The summed E-state index contributed by atoms with van der Waals surface area (Å²) in [5.41, 5.74) is 6.64. The Morgan fingerprint density at radius 3 is 2.67 bits per heavy atom. The molecule has 0 aromatic heterocycles. The maximum Gasteiger partial charge on any atom is 0.261 e. The maximum absolute atomic E-state index is 11.0. The quantitative estimate of drug-likeness (QED) is 0.851. The lowest BCUT2D eigenvalue weighted by Gasteiger charge is -2.08. The van der Waals surface area contributed by atoms with Gasteiger partial charge in [-0.25, -0.2) is 0 Å². The van der Waals surface area contributed by atoms with Gasteiger partial charge in [0.05, 0.1) is 19.9 Å². The van der Waals surface area contributed by atoms with E-state index in [1.165, 1.54) is 0 Å². The van der Waals surface area contributed by atoms with Crippen molar-refractivity contribution in [2.24, 2.45) is 10.9 Å². The van der Waals surface area contributed by atoms with Gasteiger partial charge in [0.2, 0.25) is 6.10 Å². The Morgan fingerprint density at radius 2 is 2.11 bits per heavy atom. The minimum atomic E-state index is -0.687. The minimum Gasteiger partial charge on any atom is -0.493 e. The molecule has 6 nitrogen and oxygen atoms in total. The minimum absolute atomic E-state index is 0.366. The highest BCUT2D eigenvalue weighted by Crippen LogP contribution is 2.29. The lowest BCUT2D eigenvalue weighted by Crippen LogP contribution is -2.28. The molecule has 2 N–H and O–H groups in total. The van der Waals surface area contributed by atoms with E-state index in [2.05, 4.69) is 5.16 Å². The number of methoxy groups -OCH3 is 2. The van der Waals surface area contributed by atoms with Gasteiger partial charge in [-0.3, -0.25) is 4.79 Å². The SMILES string of the molecule is COc1ccc(C2=NOC(C(N)=O)C2)cc1OC. The van der Waals surface area contributed by atoms with Crippen molar-refractivity contribution < 1.29 is 19.1 Å². The highest BCUT2D eigenvalue weighted by atomic mass is 16.6. The summed E-state index contributed by atoms with van der Waals surface area (Å²) in [5.74, 6) is 0.710. The third kappa shape index (κ3) is 2.22. The highest BCUT2D eigenvalue weighted by molar-refractivity contribution is 6.04. The van der Waals surface area contributed by atoms with Crippen molar-refractivity contribution in [2.75, 3.05) is 14.2 Å². The van der Waals surface area contributed by atoms with E-state index >= 15 is 0 Å². The molecule has 1 unspecified atom stereocenters. The molecule has 0 aliphatic carbocycles. The zero-order valence-electron chi connectivity index (χ0n) is 10.2. The van der Waals surface area contributed by atoms with Crippen molar-refractivity contribution in [2.45, 2.75) is 12.5 Å². The average molecular weight is 250 g/mol. The molecule has 0 radical (unpaired) electrons. The Bertz CT molecular complexity index is 499. The largest absolute Gasteiger partial charge is 0.493 e. The molecule has 96 valence electrons. The second kappa shape index (κ2) is 4.95. The Labute approximate surface area is 104 Å². The van der Waals surface area contributed by atoms with E-state index in [9.17, 15) is 4.79 Å². The van der Waals surface area contributed by atoms with E-state index in [1.54, 1.807) is 26.4 Å². The van der Waals surface area contributed by atoms with Gasteiger partial charge in [-0.2, -0.15) is 0 Å². The molecular formula is C12H14N2O4. The lowest BCUT2D eigenvalue weighted by molar-refractivity contribution is -0.127. The fraction of sp³-hybridized carbons (Fsp3) is 0.333. The van der Waals surface area contributed by atoms with Crippen LogP contribution in [-0.4, -0.2) is 31.9 Å². The Morgan fingerprint density at radius 1 is 1.39 bits per heavy atom. The number of benzene rings is 1. The van der Waals surface area contributed by atoms with Crippen molar-refractivity contribution in [3.05, 3.63) is 23.8 Å². The summed E-state index contributed by atoms with van der Waals surface area (Å²) in [6.07, 6.45) is -0.321. The van der Waals surface area contributed by atoms with Crippen LogP contribution >= 0.6 is 0 Å². The number of hydrogen-bond acceptors (Lipinski definition) is 5. The number of amides is 1. The number of hydrogen-bond donors (Lipinski definition) is 1. The molecule has 6 heteroatoms. The molecule has 0 saturated heterocycles. The third-order valence-corrected chi connectivity index (χ3v) is 2.70. The topological polar surface area (TPSA) is 83.1 Å². The van der Waals surface area contributed by atoms with Gasteiger partial charge >= 0.3 is 0 Å². The second-order valence-electron chi connectivity index (χ2n) is 3.81. The molecule has 0 fully saturated rings. The van der Waals surface area contributed by atoms with E-state index in [-0.39, 0.29) is 0 Å². The number of oxime groups is 1. The molecule has 1 aromatic rings. The first-order chi connectivity index (χ1) is 8.65. The van der Waals surface area contributed by atoms with Gasteiger partial charge in [0, 0.05) is 12.0 Å². The molecule has 1 aliphatic heterocycles. The molecule has 1 amide bonds. The van der Waals surface area contributed by atoms with Crippen molar-refractivity contribution in [3.63, 3.8) is 0 Å². The first-order valence-electron chi connectivity index (χ1n) is 5.40. The molecule has 1 aromatic carbocycles. The summed E-state index contributed by atoms with van der Waals surface area (Å²) in [6.45, 7) is 0. The van der Waals surface area contributed by atoms with E-state index in [0.29, 0.717) is 23.6 Å². The highest BCUT2D eigenvalue weighted by Gasteiger charge is 2.27. The van der Waals surface area contributed by atoms with Crippen LogP contribution in [0.3, 0.4) is 0 Å². The summed E-state index contributed by atoms with van der Waals surface area (Å²) >= 11 is 0. The van der Waals surface area contributed by atoms with Crippen LogP contribution in [0.15, 0.2) is 23.4 Å². The third-order valence-electron chi connectivity index (χ3n) is 2.70. The van der Waals surface area contributed by atoms with Crippen molar-refractivity contribution in [1.82, 2.24) is 0 Å². The van der Waals surface area contributed by atoms with Crippen LogP contribution in [0.5, 0.6) is 11.5 Å². The van der Waals surface area contributed by atoms with Crippen LogP contribution < -0.4 is 15.2 Å². The first-order valence-corrected chi connectivity index (χ1v) is 5.40. The van der Waals surface area contributed by atoms with Crippen molar-refractivity contribution in [3.8, 4) is 11.5 Å². The number of primary amides is 1. The van der Waals surface area contributed by atoms with Crippen LogP contribution in [-0.2, 0) is 9.63 Å². The second-order valence-corrected chi connectivity index (χ2v) is 3.81. The summed E-state index contributed by atoms with van der Waals surface area (Å²) in [7, 11) is 3.12. The zero-order chi connectivity index (χ0) is 13.1. The molecule has 1 atom stereocenters. The summed E-state index contributed by atoms with van der Waals surface area (Å²) in [5, 5.41) is 3.86. The fourth-order valence-electron chi connectivity index (χ4n) is 1.72. The van der Waals surface area contributed by atoms with Crippen molar-refractivity contribution >= 4 is 11.6 Å². The molecule has 18 heavy (non-hydrogen) atoms. The number of nitrogens with two attached hydrogens (primary N) is 1. The summed E-state index contributed by atoms with van der Waals surface area (Å²) in [4.78, 5) is 15.9. The number of carbonyl (C=O) groups excluding carboxylic acids is 1. The Balaban J connectivity index is 2.23. The summed E-state index contributed by atoms with van der Waals surface area (Å²) < 4.78 is 10.3. The van der Waals surface area contributed by atoms with Gasteiger partial charge in [0.25, 0.3) is 5.91 Å². The lowest BCUT2D eigenvalue weighted by atomic mass is 10.0. The molecule has 0 bridgehead atoms. The van der Waals surface area contributed by atoms with Gasteiger partial charge in [-0.1, -0.05) is 5.16 Å². The first kappa shape index (κ1) is 12.2. The monoisotopic (exact) mass is 250 g/mol. The van der Waals surface area contributed by atoms with E-state index < -0.39 is 12.0 Å². The van der Waals surface area contributed by atoms with Crippen LogP contribution in [0, 0.1) is 0 Å². The molecular weight excluding hydrogens is 236 g/mol. The van der Waals surface area contributed by atoms with E-state index in [4.69, 9.17) is 20.0 Å². The number of carbonyl (C=O) groups is 1. The fourth-order valence-corrected chi connectivity index (χ4v) is 1.72.